The number of hydrogen-bond donors (Lipinski definition) is 1. The number of amides is 1. The van der Waals surface area contributed by atoms with E-state index in [1.54, 1.807) is 6.21 Å². The summed E-state index contributed by atoms with van der Waals surface area (Å²) >= 11 is 3.51. The molecular formula is C28H28BrN3O2. The van der Waals surface area contributed by atoms with Crippen LogP contribution in [0, 0.1) is 0 Å². The molecule has 0 unspecified atom stereocenters. The summed E-state index contributed by atoms with van der Waals surface area (Å²) in [6.07, 6.45) is 3.74. The molecule has 0 saturated heterocycles. The van der Waals surface area contributed by atoms with E-state index < -0.39 is 0 Å². The van der Waals surface area contributed by atoms with Gasteiger partial charge in [0.15, 0.2) is 6.61 Å². The Labute approximate surface area is 208 Å². The van der Waals surface area contributed by atoms with Gasteiger partial charge in [-0.05, 0) is 35.2 Å². The van der Waals surface area contributed by atoms with E-state index in [1.807, 2.05) is 48.5 Å². The van der Waals surface area contributed by atoms with Gasteiger partial charge in [0.2, 0.25) is 0 Å². The van der Waals surface area contributed by atoms with Gasteiger partial charge in [0.25, 0.3) is 5.91 Å². The Morgan fingerprint density at radius 1 is 1.06 bits per heavy atom. The minimum atomic E-state index is -0.313. The summed E-state index contributed by atoms with van der Waals surface area (Å²) in [5.41, 5.74) is 6.78. The number of benzene rings is 3. The first kappa shape index (κ1) is 23.8. The van der Waals surface area contributed by atoms with Crippen LogP contribution in [-0.2, 0) is 16.8 Å². The maximum atomic E-state index is 12.4. The van der Waals surface area contributed by atoms with Crippen molar-refractivity contribution < 1.29 is 9.53 Å². The quantitative estimate of drug-likeness (QED) is 0.231. The lowest BCUT2D eigenvalue weighted by molar-refractivity contribution is -0.123. The molecule has 0 aliphatic carbocycles. The number of fused-ring (bicyclic) bond motifs is 1. The van der Waals surface area contributed by atoms with E-state index in [4.69, 9.17) is 4.74 Å². The summed E-state index contributed by atoms with van der Waals surface area (Å²) < 4.78 is 8.98. The Morgan fingerprint density at radius 2 is 1.79 bits per heavy atom. The number of hydrazone groups is 1. The van der Waals surface area contributed by atoms with Crippen LogP contribution in [0.1, 0.15) is 37.5 Å². The van der Waals surface area contributed by atoms with Gasteiger partial charge in [-0.25, -0.2) is 5.43 Å². The van der Waals surface area contributed by atoms with Gasteiger partial charge < -0.3 is 9.30 Å². The minimum Gasteiger partial charge on any atom is -0.483 e. The maximum Gasteiger partial charge on any atom is 0.277 e. The highest BCUT2D eigenvalue weighted by atomic mass is 79.9. The SMILES string of the molecule is CC(C)(C)c1cc(Br)ccc1OCC(=O)N/N=C/c1cn(Cc2ccccc2)c2ccccc12. The van der Waals surface area contributed by atoms with E-state index in [0.717, 1.165) is 33.0 Å². The van der Waals surface area contributed by atoms with Gasteiger partial charge in [-0.15, -0.1) is 0 Å². The van der Waals surface area contributed by atoms with Crippen LogP contribution in [-0.4, -0.2) is 23.3 Å². The number of carbonyl (C=O) groups excluding carboxylic acids is 1. The molecule has 34 heavy (non-hydrogen) atoms. The summed E-state index contributed by atoms with van der Waals surface area (Å²) in [7, 11) is 0. The van der Waals surface area contributed by atoms with Crippen molar-refractivity contribution in [2.75, 3.05) is 6.61 Å². The molecule has 0 aliphatic heterocycles. The molecule has 0 spiro atoms. The van der Waals surface area contributed by atoms with Crippen LogP contribution in [0.25, 0.3) is 10.9 Å². The average molecular weight is 518 g/mol. The number of ether oxygens (including phenoxy) is 1. The van der Waals surface area contributed by atoms with E-state index in [-0.39, 0.29) is 17.9 Å². The maximum absolute atomic E-state index is 12.4. The lowest BCUT2D eigenvalue weighted by Crippen LogP contribution is -2.25. The van der Waals surface area contributed by atoms with E-state index in [0.29, 0.717) is 5.75 Å². The van der Waals surface area contributed by atoms with E-state index in [2.05, 4.69) is 82.3 Å². The minimum absolute atomic E-state index is 0.109. The third-order valence-electron chi connectivity index (χ3n) is 5.52. The molecule has 1 N–H and O–H groups in total. The van der Waals surface area contributed by atoms with Gasteiger partial charge in [0.1, 0.15) is 5.75 Å². The molecule has 1 aromatic heterocycles. The van der Waals surface area contributed by atoms with Crippen molar-refractivity contribution in [2.45, 2.75) is 32.7 Å². The number of carbonyl (C=O) groups is 1. The molecular weight excluding hydrogens is 490 g/mol. The zero-order valence-electron chi connectivity index (χ0n) is 19.6. The number of aromatic nitrogens is 1. The highest BCUT2D eigenvalue weighted by molar-refractivity contribution is 9.10. The standard InChI is InChI=1S/C28H28BrN3O2/c1-28(2,3)24-15-22(29)13-14-26(24)34-19-27(33)31-30-16-21-18-32(17-20-9-5-4-6-10-20)25-12-8-7-11-23(21)25/h4-16,18H,17,19H2,1-3H3,(H,31,33)/b30-16+. The third-order valence-corrected chi connectivity index (χ3v) is 6.01. The Hall–Kier alpha value is -3.38. The fourth-order valence-electron chi connectivity index (χ4n) is 3.85. The van der Waals surface area contributed by atoms with Crippen LogP contribution < -0.4 is 10.2 Å². The molecule has 0 atom stereocenters. The summed E-state index contributed by atoms with van der Waals surface area (Å²) in [5, 5.41) is 5.27. The van der Waals surface area contributed by atoms with Crippen molar-refractivity contribution in [3.63, 3.8) is 0 Å². The number of hydrogen-bond acceptors (Lipinski definition) is 3. The molecule has 1 heterocycles. The second-order valence-corrected chi connectivity index (χ2v) is 10.1. The van der Waals surface area contributed by atoms with Gasteiger partial charge in [0.05, 0.1) is 6.21 Å². The lowest BCUT2D eigenvalue weighted by atomic mass is 9.86. The summed E-state index contributed by atoms with van der Waals surface area (Å²) in [6, 6.07) is 24.3. The molecule has 5 nitrogen and oxygen atoms in total. The molecule has 6 heteroatoms. The lowest BCUT2D eigenvalue weighted by Gasteiger charge is -2.23. The van der Waals surface area contributed by atoms with Crippen molar-refractivity contribution in [1.82, 2.24) is 9.99 Å². The zero-order valence-corrected chi connectivity index (χ0v) is 21.2. The first-order valence-electron chi connectivity index (χ1n) is 11.2. The first-order valence-corrected chi connectivity index (χ1v) is 12.0. The van der Waals surface area contributed by atoms with Gasteiger partial charge >= 0.3 is 0 Å². The van der Waals surface area contributed by atoms with E-state index >= 15 is 0 Å². The monoisotopic (exact) mass is 517 g/mol. The molecule has 0 saturated carbocycles. The topological polar surface area (TPSA) is 55.6 Å². The smallest absolute Gasteiger partial charge is 0.277 e. The van der Waals surface area contributed by atoms with Crippen molar-refractivity contribution in [3.05, 3.63) is 100 Å². The van der Waals surface area contributed by atoms with Crippen molar-refractivity contribution in [2.24, 2.45) is 5.10 Å². The van der Waals surface area contributed by atoms with E-state index in [1.165, 1.54) is 5.56 Å². The molecule has 174 valence electrons. The van der Waals surface area contributed by atoms with Crippen LogP contribution in [0.3, 0.4) is 0 Å². The van der Waals surface area contributed by atoms with Crippen LogP contribution in [0.2, 0.25) is 0 Å². The van der Waals surface area contributed by atoms with Crippen LogP contribution in [0.4, 0.5) is 0 Å². The van der Waals surface area contributed by atoms with Crippen molar-refractivity contribution in [1.29, 1.82) is 0 Å². The zero-order chi connectivity index (χ0) is 24.1. The molecule has 1 amide bonds. The Bertz CT molecular complexity index is 1320. The third kappa shape index (κ3) is 5.75. The van der Waals surface area contributed by atoms with Crippen LogP contribution in [0.15, 0.2) is 88.6 Å². The molecule has 0 aliphatic rings. The predicted molar refractivity (Wildman–Crippen MR) is 142 cm³/mol. The molecule has 0 bridgehead atoms. The Kier molecular flexibility index (Phi) is 7.17. The molecule has 4 rings (SSSR count). The highest BCUT2D eigenvalue weighted by Crippen LogP contribution is 2.33. The fourth-order valence-corrected chi connectivity index (χ4v) is 4.21. The summed E-state index contributed by atoms with van der Waals surface area (Å²) in [5.74, 6) is 0.380. The van der Waals surface area contributed by atoms with Gasteiger partial charge in [-0.3, -0.25) is 4.79 Å². The number of halogens is 1. The second kappa shape index (κ2) is 10.3. The Morgan fingerprint density at radius 3 is 2.56 bits per heavy atom. The average Bonchev–Trinajstić information content (AvgIpc) is 3.16. The molecule has 3 aromatic carbocycles. The van der Waals surface area contributed by atoms with Gasteiger partial charge in [0, 0.05) is 39.2 Å². The van der Waals surface area contributed by atoms with Crippen molar-refractivity contribution in [3.8, 4) is 5.75 Å². The number of para-hydroxylation sites is 1. The van der Waals surface area contributed by atoms with E-state index in [9.17, 15) is 4.79 Å². The van der Waals surface area contributed by atoms with Crippen LogP contribution in [0.5, 0.6) is 5.75 Å². The van der Waals surface area contributed by atoms with Crippen molar-refractivity contribution >= 4 is 39.0 Å². The summed E-state index contributed by atoms with van der Waals surface area (Å²) in [4.78, 5) is 12.4. The number of rotatable bonds is 7. The summed E-state index contributed by atoms with van der Waals surface area (Å²) in [6.45, 7) is 6.98. The molecule has 0 radical (unpaired) electrons. The normalized spacial score (nSPS) is 11.8. The second-order valence-electron chi connectivity index (χ2n) is 9.19. The fraction of sp³-hybridized carbons (Fsp3) is 0.214. The van der Waals surface area contributed by atoms with Crippen LogP contribution >= 0.6 is 15.9 Å². The Balaban J connectivity index is 1.43. The number of nitrogens with zero attached hydrogens (tertiary/aromatic N) is 2. The predicted octanol–water partition coefficient (Wildman–Crippen LogP) is 6.28. The molecule has 0 fully saturated rings. The highest BCUT2D eigenvalue weighted by Gasteiger charge is 2.20. The first-order chi connectivity index (χ1) is 16.3. The van der Waals surface area contributed by atoms with Gasteiger partial charge in [-0.1, -0.05) is 85.2 Å². The number of nitrogens with one attached hydrogen (secondary N) is 1. The molecule has 4 aromatic rings. The van der Waals surface area contributed by atoms with Gasteiger partial charge in [-0.2, -0.15) is 5.10 Å². The largest absolute Gasteiger partial charge is 0.483 e.